The molecule has 26 heavy (non-hydrogen) atoms. The molecule has 0 spiro atoms. The summed E-state index contributed by atoms with van der Waals surface area (Å²) in [6, 6.07) is 14.7. The van der Waals surface area contributed by atoms with Gasteiger partial charge in [0.15, 0.2) is 6.61 Å². The molecule has 1 saturated heterocycles. The Morgan fingerprint density at radius 2 is 1.54 bits per heavy atom. The Balaban J connectivity index is 1.52. The maximum atomic E-state index is 12.9. The fourth-order valence-corrected chi connectivity index (χ4v) is 2.90. The molecule has 1 heterocycles. The molecule has 2 aromatic rings. The number of nitrogens with zero attached hydrogens (tertiary/aromatic N) is 2. The van der Waals surface area contributed by atoms with Gasteiger partial charge in [0.25, 0.3) is 11.8 Å². The van der Waals surface area contributed by atoms with Crippen molar-refractivity contribution >= 4 is 11.8 Å². The minimum atomic E-state index is -0.348. The van der Waals surface area contributed by atoms with Crippen molar-refractivity contribution in [1.82, 2.24) is 9.80 Å². The number of hydrogen-bond acceptors (Lipinski definition) is 3. The van der Waals surface area contributed by atoms with Crippen molar-refractivity contribution in [2.75, 3.05) is 32.8 Å². The third-order valence-electron chi connectivity index (χ3n) is 4.33. The van der Waals surface area contributed by atoms with Gasteiger partial charge in [-0.3, -0.25) is 9.59 Å². The van der Waals surface area contributed by atoms with Crippen molar-refractivity contribution in [2.45, 2.75) is 6.42 Å². The second kappa shape index (κ2) is 8.47. The highest BCUT2D eigenvalue weighted by Crippen LogP contribution is 2.12. The Kier molecular flexibility index (Phi) is 5.84. The van der Waals surface area contributed by atoms with Crippen molar-refractivity contribution in [3.05, 3.63) is 66.0 Å². The topological polar surface area (TPSA) is 49.9 Å². The van der Waals surface area contributed by atoms with Crippen LogP contribution in [-0.4, -0.2) is 54.4 Å². The lowest BCUT2D eigenvalue weighted by Crippen LogP contribution is -2.39. The van der Waals surface area contributed by atoms with E-state index in [-0.39, 0.29) is 24.2 Å². The molecule has 2 aromatic carbocycles. The van der Waals surface area contributed by atoms with E-state index >= 15 is 0 Å². The minimum absolute atomic E-state index is 0.0116. The first kappa shape index (κ1) is 17.9. The summed E-state index contributed by atoms with van der Waals surface area (Å²) in [4.78, 5) is 28.4. The van der Waals surface area contributed by atoms with Crippen LogP contribution in [0.4, 0.5) is 4.39 Å². The molecule has 1 aliphatic heterocycles. The van der Waals surface area contributed by atoms with Crippen LogP contribution in [0.5, 0.6) is 5.75 Å². The molecule has 0 radical (unpaired) electrons. The van der Waals surface area contributed by atoms with Crippen molar-refractivity contribution < 1.29 is 18.7 Å². The number of halogens is 1. The average molecular weight is 356 g/mol. The summed E-state index contributed by atoms with van der Waals surface area (Å²) in [5, 5.41) is 0. The number of amides is 2. The highest BCUT2D eigenvalue weighted by Gasteiger charge is 2.22. The molecular formula is C20H21FN2O3. The van der Waals surface area contributed by atoms with E-state index in [1.165, 1.54) is 24.3 Å². The van der Waals surface area contributed by atoms with Crippen molar-refractivity contribution in [1.29, 1.82) is 0 Å². The Hall–Kier alpha value is -2.89. The predicted octanol–water partition coefficient (Wildman–Crippen LogP) is 2.58. The zero-order chi connectivity index (χ0) is 18.4. The second-order valence-corrected chi connectivity index (χ2v) is 6.14. The number of carbonyl (C=O) groups excluding carboxylic acids is 2. The third-order valence-corrected chi connectivity index (χ3v) is 4.33. The van der Waals surface area contributed by atoms with Crippen LogP contribution in [0.2, 0.25) is 0 Å². The first-order chi connectivity index (χ1) is 12.6. The molecule has 3 rings (SSSR count). The van der Waals surface area contributed by atoms with Crippen LogP contribution >= 0.6 is 0 Å². The van der Waals surface area contributed by atoms with Crippen LogP contribution in [0.1, 0.15) is 16.8 Å². The zero-order valence-corrected chi connectivity index (χ0v) is 14.4. The van der Waals surface area contributed by atoms with Gasteiger partial charge in [-0.2, -0.15) is 0 Å². The molecular weight excluding hydrogens is 335 g/mol. The molecule has 1 aliphatic rings. The summed E-state index contributed by atoms with van der Waals surface area (Å²) >= 11 is 0. The van der Waals surface area contributed by atoms with Gasteiger partial charge in [-0.15, -0.1) is 0 Å². The zero-order valence-electron chi connectivity index (χ0n) is 14.4. The Morgan fingerprint density at radius 3 is 2.27 bits per heavy atom. The van der Waals surface area contributed by atoms with E-state index in [9.17, 15) is 14.0 Å². The molecule has 0 aliphatic carbocycles. The van der Waals surface area contributed by atoms with Gasteiger partial charge in [0, 0.05) is 31.7 Å². The lowest BCUT2D eigenvalue weighted by molar-refractivity contribution is -0.133. The molecule has 0 atom stereocenters. The maximum absolute atomic E-state index is 12.9. The summed E-state index contributed by atoms with van der Waals surface area (Å²) in [7, 11) is 0. The molecule has 1 fully saturated rings. The van der Waals surface area contributed by atoms with Crippen LogP contribution in [-0.2, 0) is 4.79 Å². The molecule has 0 aromatic heterocycles. The van der Waals surface area contributed by atoms with E-state index in [1.807, 2.05) is 18.2 Å². The maximum Gasteiger partial charge on any atom is 0.260 e. The van der Waals surface area contributed by atoms with Crippen LogP contribution in [0.15, 0.2) is 54.6 Å². The van der Waals surface area contributed by atoms with Gasteiger partial charge in [0.2, 0.25) is 0 Å². The highest BCUT2D eigenvalue weighted by molar-refractivity contribution is 5.94. The van der Waals surface area contributed by atoms with E-state index in [2.05, 4.69) is 0 Å². The van der Waals surface area contributed by atoms with Crippen molar-refractivity contribution in [2.24, 2.45) is 0 Å². The van der Waals surface area contributed by atoms with E-state index < -0.39 is 0 Å². The average Bonchev–Trinajstić information content (AvgIpc) is 2.94. The van der Waals surface area contributed by atoms with Gasteiger partial charge in [0.05, 0.1) is 0 Å². The summed E-state index contributed by atoms with van der Waals surface area (Å²) in [6.45, 7) is 2.08. The Bertz CT molecular complexity index is 749. The standard InChI is InChI=1S/C20H21FN2O3/c21-17-7-9-18(10-8-17)26-15-19(24)22-11-4-12-23(14-13-22)20(25)16-5-2-1-3-6-16/h1-3,5-10H,4,11-15H2. The van der Waals surface area contributed by atoms with Crippen LogP contribution in [0.3, 0.4) is 0 Å². The number of rotatable bonds is 4. The molecule has 6 heteroatoms. The minimum Gasteiger partial charge on any atom is -0.484 e. The number of carbonyl (C=O) groups is 2. The lowest BCUT2D eigenvalue weighted by atomic mass is 10.2. The summed E-state index contributed by atoms with van der Waals surface area (Å²) in [5.41, 5.74) is 0.659. The van der Waals surface area contributed by atoms with E-state index in [0.717, 1.165) is 6.42 Å². The van der Waals surface area contributed by atoms with E-state index in [4.69, 9.17) is 4.74 Å². The van der Waals surface area contributed by atoms with Gasteiger partial charge in [-0.25, -0.2) is 4.39 Å². The SMILES string of the molecule is O=C(COc1ccc(F)cc1)N1CCCN(C(=O)c2ccccc2)CC1. The number of ether oxygens (including phenoxy) is 1. The van der Waals surface area contributed by atoms with Gasteiger partial charge in [-0.05, 0) is 42.8 Å². The first-order valence-electron chi connectivity index (χ1n) is 8.64. The smallest absolute Gasteiger partial charge is 0.260 e. The molecule has 2 amide bonds. The van der Waals surface area contributed by atoms with E-state index in [0.29, 0.717) is 37.5 Å². The van der Waals surface area contributed by atoms with Crippen LogP contribution in [0, 0.1) is 5.82 Å². The van der Waals surface area contributed by atoms with Gasteiger partial charge < -0.3 is 14.5 Å². The summed E-state index contributed by atoms with van der Waals surface area (Å²) in [6.07, 6.45) is 0.723. The van der Waals surface area contributed by atoms with Crippen LogP contribution in [0.25, 0.3) is 0 Å². The van der Waals surface area contributed by atoms with Gasteiger partial charge in [-0.1, -0.05) is 18.2 Å². The molecule has 136 valence electrons. The second-order valence-electron chi connectivity index (χ2n) is 6.14. The predicted molar refractivity (Wildman–Crippen MR) is 95.4 cm³/mol. The fraction of sp³-hybridized carbons (Fsp3) is 0.300. The molecule has 0 saturated carbocycles. The van der Waals surface area contributed by atoms with Gasteiger partial charge >= 0.3 is 0 Å². The Labute approximate surface area is 152 Å². The number of hydrogen-bond donors (Lipinski definition) is 0. The van der Waals surface area contributed by atoms with Crippen molar-refractivity contribution in [3.8, 4) is 5.75 Å². The molecule has 0 unspecified atom stereocenters. The molecule has 5 nitrogen and oxygen atoms in total. The first-order valence-corrected chi connectivity index (χ1v) is 8.64. The number of benzene rings is 2. The van der Waals surface area contributed by atoms with Gasteiger partial charge in [0.1, 0.15) is 11.6 Å². The monoisotopic (exact) mass is 356 g/mol. The third kappa shape index (κ3) is 4.59. The van der Waals surface area contributed by atoms with E-state index in [1.54, 1.807) is 21.9 Å². The molecule has 0 N–H and O–H groups in total. The molecule has 0 bridgehead atoms. The highest BCUT2D eigenvalue weighted by atomic mass is 19.1. The quantitative estimate of drug-likeness (QED) is 0.846. The summed E-state index contributed by atoms with van der Waals surface area (Å²) < 4.78 is 18.3. The fourth-order valence-electron chi connectivity index (χ4n) is 2.90. The van der Waals surface area contributed by atoms with Crippen LogP contribution < -0.4 is 4.74 Å². The normalized spacial score (nSPS) is 14.7. The summed E-state index contributed by atoms with van der Waals surface area (Å²) in [5.74, 6) is -0.0411. The van der Waals surface area contributed by atoms with Crippen molar-refractivity contribution in [3.63, 3.8) is 0 Å². The largest absolute Gasteiger partial charge is 0.484 e. The lowest BCUT2D eigenvalue weighted by Gasteiger charge is -2.22. The Morgan fingerprint density at radius 1 is 0.885 bits per heavy atom.